The third kappa shape index (κ3) is 3.44. The van der Waals surface area contributed by atoms with Gasteiger partial charge in [-0.2, -0.15) is 0 Å². The van der Waals surface area contributed by atoms with Crippen LogP contribution in [0.3, 0.4) is 0 Å². The number of fused-ring (bicyclic) bond motifs is 1. The number of anilines is 1. The molecule has 0 saturated heterocycles. The molecule has 1 unspecified atom stereocenters. The van der Waals surface area contributed by atoms with Gasteiger partial charge in [-0.25, -0.2) is 9.29 Å². The van der Waals surface area contributed by atoms with Crippen molar-refractivity contribution in [2.24, 2.45) is 0 Å². The van der Waals surface area contributed by atoms with Crippen LogP contribution in [0.5, 0.6) is 0 Å². The number of pyridine rings is 1. The van der Waals surface area contributed by atoms with Crippen LogP contribution in [-0.2, 0) is 0 Å². The van der Waals surface area contributed by atoms with Crippen molar-refractivity contribution < 1.29 is 18.8 Å². The van der Waals surface area contributed by atoms with E-state index in [-0.39, 0.29) is 16.7 Å². The first-order valence-corrected chi connectivity index (χ1v) is 9.43. The van der Waals surface area contributed by atoms with Crippen LogP contribution in [0.1, 0.15) is 49.6 Å². The molecule has 0 saturated carbocycles. The van der Waals surface area contributed by atoms with Crippen molar-refractivity contribution in [3.8, 4) is 0 Å². The molecule has 1 aliphatic rings. The van der Waals surface area contributed by atoms with E-state index in [1.165, 1.54) is 30.5 Å². The second-order valence-corrected chi connectivity index (χ2v) is 7.21. The molecule has 1 atom stereocenters. The summed E-state index contributed by atoms with van der Waals surface area (Å²) in [5.41, 5.74) is 1.21. The second kappa shape index (κ2) is 7.68. The van der Waals surface area contributed by atoms with Crippen molar-refractivity contribution in [3.05, 3.63) is 94.0 Å². The summed E-state index contributed by atoms with van der Waals surface area (Å²) in [6, 6.07) is 11.4. The number of carbonyl (C=O) groups is 3. The zero-order chi connectivity index (χ0) is 21.4. The first-order valence-electron chi connectivity index (χ1n) is 9.05. The molecule has 0 radical (unpaired) electrons. The minimum atomic E-state index is -0.614. The maximum absolute atomic E-state index is 13.9. The summed E-state index contributed by atoms with van der Waals surface area (Å²) in [5.74, 6) is -2.03. The smallest absolute Gasteiger partial charge is 0.266 e. The van der Waals surface area contributed by atoms with Gasteiger partial charge >= 0.3 is 0 Å². The lowest BCUT2D eigenvalue weighted by Crippen LogP contribution is -2.29. The predicted molar refractivity (Wildman–Crippen MR) is 109 cm³/mol. The number of imide groups is 1. The number of hydrogen-bond donors (Lipinski definition) is 1. The SMILES string of the molecule is CC(NC(=O)c1ccc2c(c1)C(=O)N(c1ccc(Cl)cc1)C2=O)c1ccncc1F. The van der Waals surface area contributed by atoms with Crippen LogP contribution in [0.4, 0.5) is 10.1 Å². The molecule has 1 aromatic heterocycles. The standard InChI is InChI=1S/C22H15ClFN3O3/c1-12(16-8-9-25-11-19(16)24)26-20(28)13-2-7-17-18(10-13)22(30)27(21(17)29)15-5-3-14(23)4-6-15/h2-12H,1H3,(H,26,28). The molecule has 0 aliphatic carbocycles. The highest BCUT2D eigenvalue weighted by atomic mass is 35.5. The Balaban J connectivity index is 1.59. The summed E-state index contributed by atoms with van der Waals surface area (Å²) in [6.07, 6.45) is 2.51. The quantitative estimate of drug-likeness (QED) is 0.639. The molecule has 6 nitrogen and oxygen atoms in total. The molecule has 0 bridgehead atoms. The van der Waals surface area contributed by atoms with Crippen molar-refractivity contribution in [3.63, 3.8) is 0 Å². The van der Waals surface area contributed by atoms with Gasteiger partial charge in [0, 0.05) is 22.3 Å². The Morgan fingerprint density at radius 2 is 1.77 bits per heavy atom. The molecule has 30 heavy (non-hydrogen) atoms. The molecule has 150 valence electrons. The number of benzene rings is 2. The van der Waals surface area contributed by atoms with E-state index in [9.17, 15) is 18.8 Å². The van der Waals surface area contributed by atoms with E-state index in [0.717, 1.165) is 11.1 Å². The molecule has 4 rings (SSSR count). The molecule has 0 spiro atoms. The molecule has 0 fully saturated rings. The number of rotatable bonds is 4. The van der Waals surface area contributed by atoms with Crippen molar-refractivity contribution in [2.45, 2.75) is 13.0 Å². The van der Waals surface area contributed by atoms with Gasteiger partial charge in [-0.05, 0) is 55.5 Å². The van der Waals surface area contributed by atoms with Gasteiger partial charge in [-0.15, -0.1) is 0 Å². The fraction of sp³-hybridized carbons (Fsp3) is 0.0909. The van der Waals surface area contributed by atoms with Crippen LogP contribution in [0.15, 0.2) is 60.9 Å². The Labute approximate surface area is 176 Å². The zero-order valence-corrected chi connectivity index (χ0v) is 16.5. The summed E-state index contributed by atoms with van der Waals surface area (Å²) in [6.45, 7) is 1.64. The highest BCUT2D eigenvalue weighted by molar-refractivity contribution is 6.35. The summed E-state index contributed by atoms with van der Waals surface area (Å²) in [7, 11) is 0. The Morgan fingerprint density at radius 1 is 1.07 bits per heavy atom. The van der Waals surface area contributed by atoms with Crippen molar-refractivity contribution in [1.82, 2.24) is 10.3 Å². The molecule has 8 heteroatoms. The summed E-state index contributed by atoms with van der Waals surface area (Å²) in [4.78, 5) is 42.9. The van der Waals surface area contributed by atoms with Gasteiger partial charge in [-0.1, -0.05) is 11.6 Å². The van der Waals surface area contributed by atoms with E-state index >= 15 is 0 Å². The van der Waals surface area contributed by atoms with E-state index < -0.39 is 29.6 Å². The van der Waals surface area contributed by atoms with Crippen molar-refractivity contribution in [2.75, 3.05) is 4.90 Å². The van der Waals surface area contributed by atoms with Gasteiger partial charge in [0.1, 0.15) is 5.82 Å². The normalized spacial score (nSPS) is 13.9. The van der Waals surface area contributed by atoms with E-state index in [1.807, 2.05) is 0 Å². The fourth-order valence-corrected chi connectivity index (χ4v) is 3.43. The van der Waals surface area contributed by atoms with Crippen LogP contribution < -0.4 is 10.2 Å². The average molecular weight is 424 g/mol. The zero-order valence-electron chi connectivity index (χ0n) is 15.7. The first-order chi connectivity index (χ1) is 14.4. The van der Waals surface area contributed by atoms with Crippen molar-refractivity contribution >= 4 is 35.0 Å². The number of nitrogens with one attached hydrogen (secondary N) is 1. The predicted octanol–water partition coefficient (Wildman–Crippen LogP) is 4.17. The highest BCUT2D eigenvalue weighted by Crippen LogP contribution is 2.30. The summed E-state index contributed by atoms with van der Waals surface area (Å²) in [5, 5.41) is 3.17. The second-order valence-electron chi connectivity index (χ2n) is 6.77. The summed E-state index contributed by atoms with van der Waals surface area (Å²) < 4.78 is 13.9. The molecule has 1 N–H and O–H groups in total. The number of nitrogens with zero attached hydrogens (tertiary/aromatic N) is 2. The van der Waals surface area contributed by atoms with Crippen LogP contribution >= 0.6 is 11.6 Å². The summed E-state index contributed by atoms with van der Waals surface area (Å²) >= 11 is 5.87. The molecule has 1 aliphatic heterocycles. The maximum atomic E-state index is 13.9. The number of carbonyl (C=O) groups excluding carboxylic acids is 3. The number of amides is 3. The lowest BCUT2D eigenvalue weighted by Gasteiger charge is -2.15. The molecular weight excluding hydrogens is 409 g/mol. The monoisotopic (exact) mass is 423 g/mol. The average Bonchev–Trinajstić information content (AvgIpc) is 2.99. The van der Waals surface area contributed by atoms with Gasteiger partial charge in [0.25, 0.3) is 17.7 Å². The Kier molecular flexibility index (Phi) is 5.05. The van der Waals surface area contributed by atoms with Gasteiger partial charge in [0.05, 0.1) is 29.1 Å². The Morgan fingerprint density at radius 3 is 2.47 bits per heavy atom. The van der Waals surface area contributed by atoms with E-state index in [4.69, 9.17) is 11.6 Å². The molecule has 3 amide bonds. The number of halogens is 2. The van der Waals surface area contributed by atoms with Crippen LogP contribution in [0.25, 0.3) is 0 Å². The first kappa shape index (κ1) is 19.7. The Bertz CT molecular complexity index is 1180. The minimum absolute atomic E-state index is 0.130. The third-order valence-electron chi connectivity index (χ3n) is 4.85. The molecule has 2 aromatic carbocycles. The van der Waals surface area contributed by atoms with Crippen LogP contribution in [-0.4, -0.2) is 22.7 Å². The van der Waals surface area contributed by atoms with E-state index in [1.54, 1.807) is 31.2 Å². The van der Waals surface area contributed by atoms with Gasteiger partial charge < -0.3 is 5.32 Å². The van der Waals surface area contributed by atoms with E-state index in [0.29, 0.717) is 16.3 Å². The molecule has 2 heterocycles. The fourth-order valence-electron chi connectivity index (χ4n) is 3.30. The number of aromatic nitrogens is 1. The topological polar surface area (TPSA) is 79.4 Å². The maximum Gasteiger partial charge on any atom is 0.266 e. The largest absolute Gasteiger partial charge is 0.345 e. The molecular formula is C22H15ClFN3O3. The van der Waals surface area contributed by atoms with Gasteiger partial charge in [0.2, 0.25) is 0 Å². The lowest BCUT2D eigenvalue weighted by molar-refractivity contribution is 0.0921. The molecule has 3 aromatic rings. The number of hydrogen-bond acceptors (Lipinski definition) is 4. The van der Waals surface area contributed by atoms with Crippen LogP contribution in [0, 0.1) is 5.82 Å². The van der Waals surface area contributed by atoms with Crippen molar-refractivity contribution in [1.29, 1.82) is 0 Å². The minimum Gasteiger partial charge on any atom is -0.345 e. The van der Waals surface area contributed by atoms with Gasteiger partial charge in [0.15, 0.2) is 0 Å². The van der Waals surface area contributed by atoms with Gasteiger partial charge in [-0.3, -0.25) is 19.4 Å². The Hall–Kier alpha value is -3.58. The lowest BCUT2D eigenvalue weighted by atomic mass is 10.0. The van der Waals surface area contributed by atoms with E-state index in [2.05, 4.69) is 10.3 Å². The highest BCUT2D eigenvalue weighted by Gasteiger charge is 2.37. The third-order valence-corrected chi connectivity index (χ3v) is 5.10. The van der Waals surface area contributed by atoms with Crippen LogP contribution in [0.2, 0.25) is 5.02 Å².